The number of esters is 1. The first-order valence-corrected chi connectivity index (χ1v) is 6.80. The Morgan fingerprint density at radius 2 is 2.00 bits per heavy atom. The van der Waals surface area contributed by atoms with E-state index in [4.69, 9.17) is 0 Å². The molecule has 2 rings (SSSR count). The lowest BCUT2D eigenvalue weighted by Crippen LogP contribution is -2.21. The maximum Gasteiger partial charge on any atom is 0.435 e. The minimum Gasteiger partial charge on any atom is -0.464 e. The van der Waals surface area contributed by atoms with Gasteiger partial charge in [-0.15, -0.1) is 0 Å². The van der Waals surface area contributed by atoms with Gasteiger partial charge in [0, 0.05) is 18.9 Å². The van der Waals surface area contributed by atoms with Gasteiger partial charge in [0.2, 0.25) is 5.91 Å². The highest BCUT2D eigenvalue weighted by Crippen LogP contribution is 2.27. The van der Waals surface area contributed by atoms with Crippen LogP contribution < -0.4 is 5.32 Å². The molecule has 0 aliphatic carbocycles. The summed E-state index contributed by atoms with van der Waals surface area (Å²) in [6, 6.07) is 0.766. The number of nitrogens with zero attached hydrogens (tertiary/aromatic N) is 4. The van der Waals surface area contributed by atoms with Crippen LogP contribution in [-0.2, 0) is 28.8 Å². The number of aryl methyl sites for hydroxylation is 1. The van der Waals surface area contributed by atoms with Crippen molar-refractivity contribution in [3.05, 3.63) is 29.8 Å². The highest BCUT2D eigenvalue weighted by atomic mass is 19.4. The Kier molecular flexibility index (Phi) is 4.90. The Morgan fingerprint density at radius 3 is 2.54 bits per heavy atom. The summed E-state index contributed by atoms with van der Waals surface area (Å²) < 4.78 is 44.2. The molecule has 1 amide bonds. The second-order valence-electron chi connectivity index (χ2n) is 4.68. The monoisotopic (exact) mass is 345 g/mol. The average Bonchev–Trinajstić information content (AvgIpc) is 3.12. The molecule has 2 heterocycles. The van der Waals surface area contributed by atoms with Crippen LogP contribution in [0.5, 0.6) is 0 Å². The molecule has 0 atom stereocenters. The van der Waals surface area contributed by atoms with E-state index in [1.807, 2.05) is 0 Å². The van der Waals surface area contributed by atoms with Crippen molar-refractivity contribution in [2.24, 2.45) is 0 Å². The lowest BCUT2D eigenvalue weighted by molar-refractivity contribution is -0.141. The number of carbonyl (C=O) groups is 2. The van der Waals surface area contributed by atoms with Gasteiger partial charge in [0.05, 0.1) is 12.8 Å². The quantitative estimate of drug-likeness (QED) is 0.830. The number of nitrogens with one attached hydrogen (secondary N) is 1. The summed E-state index contributed by atoms with van der Waals surface area (Å²) in [6.07, 6.45) is -2.12. The largest absolute Gasteiger partial charge is 0.464 e. The molecule has 0 saturated heterocycles. The second kappa shape index (κ2) is 6.72. The standard InChI is InChI=1S/C13H14F3N5O3/c1-3-20-6-8(11(19-20)12(23)24-2)17-10(22)7-21-5-4-9(18-21)13(14,15)16/h4-6H,3,7H2,1-2H3,(H,17,22). The maximum absolute atomic E-state index is 12.5. The summed E-state index contributed by atoms with van der Waals surface area (Å²) in [4.78, 5) is 23.6. The number of halogens is 3. The van der Waals surface area contributed by atoms with Gasteiger partial charge >= 0.3 is 12.1 Å². The lowest BCUT2D eigenvalue weighted by Gasteiger charge is -2.05. The molecule has 8 nitrogen and oxygen atoms in total. The molecule has 2 aromatic heterocycles. The molecule has 0 unspecified atom stereocenters. The van der Waals surface area contributed by atoms with Crippen LogP contribution in [0.25, 0.3) is 0 Å². The molecule has 130 valence electrons. The van der Waals surface area contributed by atoms with Crippen LogP contribution in [0.15, 0.2) is 18.5 Å². The molecule has 0 radical (unpaired) electrons. The first-order chi connectivity index (χ1) is 11.2. The van der Waals surface area contributed by atoms with Crippen LogP contribution in [0.3, 0.4) is 0 Å². The van der Waals surface area contributed by atoms with Crippen molar-refractivity contribution in [1.29, 1.82) is 0 Å². The third-order valence-electron chi connectivity index (χ3n) is 2.98. The summed E-state index contributed by atoms with van der Waals surface area (Å²) in [7, 11) is 1.17. The van der Waals surface area contributed by atoms with Gasteiger partial charge in [0.1, 0.15) is 6.54 Å². The van der Waals surface area contributed by atoms with E-state index < -0.39 is 30.3 Å². The van der Waals surface area contributed by atoms with E-state index in [1.54, 1.807) is 6.92 Å². The zero-order chi connectivity index (χ0) is 17.9. The Labute approximate surface area is 134 Å². The van der Waals surface area contributed by atoms with Crippen LogP contribution in [0.4, 0.5) is 18.9 Å². The fourth-order valence-corrected chi connectivity index (χ4v) is 1.86. The number of ether oxygens (including phenoxy) is 1. The Hall–Kier alpha value is -2.85. The minimum atomic E-state index is -4.58. The average molecular weight is 345 g/mol. The normalized spacial score (nSPS) is 11.4. The van der Waals surface area contributed by atoms with Crippen LogP contribution in [0.1, 0.15) is 23.1 Å². The second-order valence-corrected chi connectivity index (χ2v) is 4.68. The van der Waals surface area contributed by atoms with Crippen molar-refractivity contribution in [2.75, 3.05) is 12.4 Å². The summed E-state index contributed by atoms with van der Waals surface area (Å²) in [6.45, 7) is 1.78. The summed E-state index contributed by atoms with van der Waals surface area (Å²) in [5, 5.41) is 9.64. The number of rotatable bonds is 5. The molecule has 11 heteroatoms. The number of carbonyl (C=O) groups excluding carboxylic acids is 2. The van der Waals surface area contributed by atoms with Gasteiger partial charge in [-0.3, -0.25) is 14.2 Å². The molecule has 0 spiro atoms. The molecule has 24 heavy (non-hydrogen) atoms. The Balaban J connectivity index is 2.11. The van der Waals surface area contributed by atoms with E-state index in [0.29, 0.717) is 6.54 Å². The molecule has 1 N–H and O–H groups in total. The van der Waals surface area contributed by atoms with Crippen molar-refractivity contribution in [2.45, 2.75) is 26.2 Å². The lowest BCUT2D eigenvalue weighted by atomic mass is 10.3. The van der Waals surface area contributed by atoms with Gasteiger partial charge in [-0.25, -0.2) is 4.79 Å². The zero-order valence-corrected chi connectivity index (χ0v) is 12.8. The number of methoxy groups -OCH3 is 1. The zero-order valence-electron chi connectivity index (χ0n) is 12.8. The van der Waals surface area contributed by atoms with Gasteiger partial charge in [0.25, 0.3) is 0 Å². The molecule has 0 saturated carbocycles. The van der Waals surface area contributed by atoms with Crippen molar-refractivity contribution in [3.63, 3.8) is 0 Å². The van der Waals surface area contributed by atoms with Crippen molar-refractivity contribution in [3.8, 4) is 0 Å². The molecule has 0 aliphatic heterocycles. The molecule has 0 aliphatic rings. The maximum atomic E-state index is 12.5. The van der Waals surface area contributed by atoms with Gasteiger partial charge < -0.3 is 10.1 Å². The van der Waals surface area contributed by atoms with Gasteiger partial charge in [-0.2, -0.15) is 23.4 Å². The topological polar surface area (TPSA) is 91.0 Å². The smallest absolute Gasteiger partial charge is 0.435 e. The van der Waals surface area contributed by atoms with E-state index in [1.165, 1.54) is 18.0 Å². The Morgan fingerprint density at radius 1 is 1.29 bits per heavy atom. The number of aromatic nitrogens is 4. The van der Waals surface area contributed by atoms with Crippen molar-refractivity contribution in [1.82, 2.24) is 19.6 Å². The van der Waals surface area contributed by atoms with Crippen LogP contribution in [0.2, 0.25) is 0 Å². The fraction of sp³-hybridized carbons (Fsp3) is 0.385. The predicted octanol–water partition coefficient (Wildman–Crippen LogP) is 1.54. The van der Waals surface area contributed by atoms with Gasteiger partial charge in [0.15, 0.2) is 11.4 Å². The van der Waals surface area contributed by atoms with E-state index in [9.17, 15) is 22.8 Å². The predicted molar refractivity (Wildman–Crippen MR) is 75.1 cm³/mol. The van der Waals surface area contributed by atoms with E-state index in [-0.39, 0.29) is 11.4 Å². The summed E-state index contributed by atoms with van der Waals surface area (Å²) >= 11 is 0. The third kappa shape index (κ3) is 3.91. The van der Waals surface area contributed by atoms with E-state index >= 15 is 0 Å². The summed E-state index contributed by atoms with van der Waals surface area (Å²) in [5.74, 6) is -1.40. The van der Waals surface area contributed by atoms with Crippen LogP contribution in [-0.4, -0.2) is 38.5 Å². The Bertz CT molecular complexity index is 750. The summed E-state index contributed by atoms with van der Waals surface area (Å²) in [5.41, 5.74) is -1.08. The molecule has 2 aromatic rings. The molecular weight excluding hydrogens is 331 g/mol. The molecule has 0 fully saturated rings. The highest BCUT2D eigenvalue weighted by molar-refractivity contribution is 5.99. The van der Waals surface area contributed by atoms with Crippen molar-refractivity contribution < 1.29 is 27.5 Å². The molecular formula is C13H14F3N5O3. The van der Waals surface area contributed by atoms with E-state index in [0.717, 1.165) is 16.9 Å². The van der Waals surface area contributed by atoms with Gasteiger partial charge in [-0.05, 0) is 13.0 Å². The third-order valence-corrected chi connectivity index (χ3v) is 2.98. The van der Waals surface area contributed by atoms with Crippen LogP contribution in [0, 0.1) is 0 Å². The highest BCUT2D eigenvalue weighted by Gasteiger charge is 2.33. The molecule has 0 aromatic carbocycles. The number of amides is 1. The first-order valence-electron chi connectivity index (χ1n) is 6.80. The number of hydrogen-bond donors (Lipinski definition) is 1. The minimum absolute atomic E-state index is 0.0934. The van der Waals surface area contributed by atoms with Gasteiger partial charge in [-0.1, -0.05) is 0 Å². The SMILES string of the molecule is CCn1cc(NC(=O)Cn2ccc(C(F)(F)F)n2)c(C(=O)OC)n1. The van der Waals surface area contributed by atoms with E-state index in [2.05, 4.69) is 20.3 Å². The molecule has 0 bridgehead atoms. The first kappa shape index (κ1) is 17.5. The van der Waals surface area contributed by atoms with Crippen LogP contribution >= 0.6 is 0 Å². The van der Waals surface area contributed by atoms with Crippen molar-refractivity contribution >= 4 is 17.6 Å². The fourth-order valence-electron chi connectivity index (χ4n) is 1.86. The number of alkyl halides is 3. The number of hydrogen-bond acceptors (Lipinski definition) is 5. The number of anilines is 1.